The number of phosphoric acid groups is 1. The number of anilines is 1. The second-order valence-corrected chi connectivity index (χ2v) is 13.1. The Morgan fingerprint density at radius 1 is 0.980 bits per heavy atom. The van der Waals surface area contributed by atoms with Crippen LogP contribution >= 0.6 is 7.82 Å². The maximum Gasteiger partial charge on any atom is 0.521 e. The van der Waals surface area contributed by atoms with Gasteiger partial charge >= 0.3 is 13.5 Å². The molecule has 0 radical (unpaired) electrons. The number of unbranched alkanes of at least 4 members (excludes halogenated alkanes) is 5. The highest BCUT2D eigenvalue weighted by Crippen LogP contribution is 2.50. The van der Waals surface area contributed by atoms with Gasteiger partial charge < -0.3 is 46.0 Å². The van der Waals surface area contributed by atoms with E-state index in [-0.39, 0.29) is 29.2 Å². The van der Waals surface area contributed by atoms with Crippen molar-refractivity contribution in [2.45, 2.75) is 94.1 Å². The largest absolute Gasteiger partial charge is 0.521 e. The van der Waals surface area contributed by atoms with Crippen molar-refractivity contribution in [1.82, 2.24) is 15.6 Å². The van der Waals surface area contributed by atoms with Crippen LogP contribution in [0.4, 0.5) is 11.4 Å². The first-order valence-electron chi connectivity index (χ1n) is 15.8. The molecule has 2 aromatic rings. The molecule has 1 aliphatic carbocycles. The van der Waals surface area contributed by atoms with Crippen LogP contribution in [0.15, 0.2) is 16.8 Å². The smallest absolute Gasteiger partial charge is 0.394 e. The third-order valence-corrected chi connectivity index (χ3v) is 9.07. The van der Waals surface area contributed by atoms with Gasteiger partial charge in [-0.15, -0.1) is 0 Å². The van der Waals surface area contributed by atoms with Crippen molar-refractivity contribution < 1.29 is 73.9 Å². The zero-order chi connectivity index (χ0) is 36.0. The summed E-state index contributed by atoms with van der Waals surface area (Å²) in [5.74, 6) is 2.92. The van der Waals surface area contributed by atoms with Crippen LogP contribution in [0.5, 0.6) is 0 Å². The first kappa shape index (κ1) is 40.5. The minimum atomic E-state index is -4.57. The summed E-state index contributed by atoms with van der Waals surface area (Å²) in [7, 11) is -4.57. The first-order valence-corrected chi connectivity index (χ1v) is 17.3. The molecule has 8 atom stereocenters. The lowest BCUT2D eigenvalue weighted by atomic mass is 9.85. The fourth-order valence-electron chi connectivity index (χ4n) is 5.04. The molecule has 1 saturated carbocycles. The SMILES string of the molecule is [NH3+]OP(=O)(OC[C@H](O)CO)O[C@H]1[C@H](O)[C@@H](O)[C@H](O)[C@@H](O)[C@H]1OCCCCCCNC(=O)CCCCCNc1ccc([N+](=O)[O-])c2nonc12. The average molecular weight is 726 g/mol. The molecule has 1 amide bonds. The topological polar surface area (TPSA) is 326 Å². The Balaban J connectivity index is 1.29. The number of benzene rings is 1. The Kier molecular flexibility index (Phi) is 16.6. The van der Waals surface area contributed by atoms with E-state index in [9.17, 15) is 45.0 Å². The number of aliphatic hydroxyl groups is 6. The summed E-state index contributed by atoms with van der Waals surface area (Å²) in [5, 5.41) is 84.1. The predicted octanol–water partition coefficient (Wildman–Crippen LogP) is -1.34. The molecule has 1 aromatic carbocycles. The van der Waals surface area contributed by atoms with Crippen LogP contribution in [0.1, 0.15) is 51.4 Å². The van der Waals surface area contributed by atoms with Crippen molar-refractivity contribution in [2.75, 3.05) is 38.2 Å². The molecular weight excluding hydrogens is 679 g/mol. The second kappa shape index (κ2) is 20.1. The fourth-order valence-corrected chi connectivity index (χ4v) is 6.14. The summed E-state index contributed by atoms with van der Waals surface area (Å²) in [4.78, 5) is 22.7. The zero-order valence-electron chi connectivity index (χ0n) is 26.7. The molecule has 1 heterocycles. The van der Waals surface area contributed by atoms with Gasteiger partial charge in [0.1, 0.15) is 42.7 Å². The van der Waals surface area contributed by atoms with E-state index in [1.54, 1.807) is 6.07 Å². The quantitative estimate of drug-likeness (QED) is 0.0277. The molecule has 1 aromatic heterocycles. The number of carbonyl (C=O) groups is 1. The van der Waals surface area contributed by atoms with Gasteiger partial charge in [0, 0.05) is 32.2 Å². The van der Waals surface area contributed by atoms with Gasteiger partial charge in [-0.25, -0.2) is 15.1 Å². The monoisotopic (exact) mass is 725 g/mol. The number of rotatable bonds is 23. The average Bonchev–Trinajstić information content (AvgIpc) is 3.59. The Morgan fingerprint density at radius 3 is 2.33 bits per heavy atom. The van der Waals surface area contributed by atoms with Gasteiger partial charge in [-0.3, -0.25) is 24.0 Å². The standard InChI is InChI=1S/C27H45N6O15P/c28-47-49(43,45-15-16(35)14-34)46-27-25(40)23(38)22(37)24(39)26(27)44-13-7-2-1-5-12-30-19(36)8-4-3-6-11-29-17-9-10-18(33(41)42)21-20(17)31-48-32-21/h9-10,16,22-27,34-35,37-40H,1-8,11-15H2,28H3,(H-,29,30,32,36)/p+1/t16-,22+,23+,24-,25-,26-,27+,49?/m1/s1. The summed E-state index contributed by atoms with van der Waals surface area (Å²) >= 11 is 0. The molecule has 0 bridgehead atoms. The molecule has 1 unspecified atom stereocenters. The van der Waals surface area contributed by atoms with E-state index in [2.05, 4.69) is 36.1 Å². The number of nitrogens with one attached hydrogen (secondary N) is 2. The van der Waals surface area contributed by atoms with Crippen LogP contribution in [0.25, 0.3) is 11.0 Å². The number of nitrogens with zero attached hydrogens (tertiary/aromatic N) is 3. The van der Waals surface area contributed by atoms with Crippen LogP contribution in [-0.2, 0) is 27.8 Å². The van der Waals surface area contributed by atoms with Crippen molar-refractivity contribution in [2.24, 2.45) is 0 Å². The van der Waals surface area contributed by atoms with Crippen molar-refractivity contribution in [3.63, 3.8) is 0 Å². The lowest BCUT2D eigenvalue weighted by Crippen LogP contribution is -2.65. The fraction of sp³-hybridized carbons (Fsp3) is 0.741. The molecule has 11 N–H and O–H groups in total. The van der Waals surface area contributed by atoms with Crippen molar-refractivity contribution >= 4 is 36.1 Å². The zero-order valence-corrected chi connectivity index (χ0v) is 27.6. The van der Waals surface area contributed by atoms with Gasteiger partial charge in [0.2, 0.25) is 11.4 Å². The molecule has 0 aliphatic heterocycles. The van der Waals surface area contributed by atoms with Gasteiger partial charge in [-0.2, -0.15) is 0 Å². The summed E-state index contributed by atoms with van der Waals surface area (Å²) in [5.41, 5.74) is 0.733. The van der Waals surface area contributed by atoms with E-state index in [1.165, 1.54) is 6.07 Å². The minimum Gasteiger partial charge on any atom is -0.394 e. The third-order valence-electron chi connectivity index (χ3n) is 7.78. The number of phosphoric ester groups is 1. The summed E-state index contributed by atoms with van der Waals surface area (Å²) in [6.07, 6.45) is -6.71. The van der Waals surface area contributed by atoms with E-state index in [1.807, 2.05) is 0 Å². The Morgan fingerprint density at radius 2 is 1.63 bits per heavy atom. The molecule has 278 valence electrons. The molecule has 22 heteroatoms. The van der Waals surface area contributed by atoms with E-state index < -0.39 is 68.7 Å². The maximum atomic E-state index is 12.8. The maximum absolute atomic E-state index is 12.8. The molecule has 1 fully saturated rings. The molecule has 21 nitrogen and oxygen atoms in total. The number of ether oxygens (including phenoxy) is 1. The Hall–Kier alpha value is -2.92. The molecule has 0 spiro atoms. The van der Waals surface area contributed by atoms with E-state index in [4.69, 9.17) is 18.9 Å². The molecular formula is C27H46N6O15P+. The number of amides is 1. The number of aromatic nitrogens is 2. The van der Waals surface area contributed by atoms with E-state index >= 15 is 0 Å². The predicted molar refractivity (Wildman–Crippen MR) is 166 cm³/mol. The number of fused-ring (bicyclic) bond motifs is 1. The number of nitro benzene ring substituents is 1. The number of quaternary nitrogens is 1. The van der Waals surface area contributed by atoms with Gasteiger partial charge in [0.15, 0.2) is 5.52 Å². The highest BCUT2D eigenvalue weighted by Gasteiger charge is 2.53. The lowest BCUT2D eigenvalue weighted by Gasteiger charge is -2.43. The third kappa shape index (κ3) is 11.8. The van der Waals surface area contributed by atoms with Crippen LogP contribution in [0.2, 0.25) is 0 Å². The normalized spacial score (nSPS) is 24.4. The molecule has 49 heavy (non-hydrogen) atoms. The second-order valence-electron chi connectivity index (χ2n) is 11.4. The summed E-state index contributed by atoms with van der Waals surface area (Å²) in [6, 6.07) is 2.89. The number of aliphatic hydroxyl groups excluding tert-OH is 6. The molecule has 1 aliphatic rings. The number of nitro groups is 1. The van der Waals surface area contributed by atoms with Crippen LogP contribution in [-0.4, -0.2) is 127 Å². The van der Waals surface area contributed by atoms with Crippen molar-refractivity contribution in [3.8, 4) is 0 Å². The lowest BCUT2D eigenvalue weighted by molar-refractivity contribution is -0.644. The Labute approximate surface area is 280 Å². The highest BCUT2D eigenvalue weighted by atomic mass is 31.2. The number of hydrogen-bond donors (Lipinski definition) is 9. The molecule has 3 rings (SSSR count). The number of carbonyl (C=O) groups excluding carboxylic acids is 1. The van der Waals surface area contributed by atoms with Crippen LogP contribution in [0.3, 0.4) is 0 Å². The highest BCUT2D eigenvalue weighted by molar-refractivity contribution is 7.48. The minimum absolute atomic E-state index is 0.0303. The van der Waals surface area contributed by atoms with Crippen LogP contribution < -0.4 is 16.5 Å². The molecule has 0 saturated heterocycles. The van der Waals surface area contributed by atoms with Crippen molar-refractivity contribution in [1.29, 1.82) is 0 Å². The van der Waals surface area contributed by atoms with Gasteiger partial charge in [0.25, 0.3) is 0 Å². The number of hydrogen-bond acceptors (Lipinski definition) is 18. The summed E-state index contributed by atoms with van der Waals surface area (Å²) in [6.45, 7) is -0.319. The number of non-ortho nitro benzene ring substituents is 1. The van der Waals surface area contributed by atoms with Crippen molar-refractivity contribution in [3.05, 3.63) is 22.2 Å². The first-order chi connectivity index (χ1) is 23.4. The van der Waals surface area contributed by atoms with E-state index in [0.717, 1.165) is 19.3 Å². The van der Waals surface area contributed by atoms with Crippen LogP contribution in [0, 0.1) is 10.1 Å². The van der Waals surface area contributed by atoms with E-state index in [0.29, 0.717) is 50.9 Å². The van der Waals surface area contributed by atoms with Gasteiger partial charge in [-0.1, -0.05) is 23.9 Å². The summed E-state index contributed by atoms with van der Waals surface area (Å²) < 4.78 is 37.7. The van der Waals surface area contributed by atoms with Gasteiger partial charge in [0.05, 0.1) is 23.8 Å². The Bertz CT molecular complexity index is 1370. The van der Waals surface area contributed by atoms with Gasteiger partial charge in [-0.05, 0) is 42.1 Å².